The molecule has 0 aliphatic rings. The van der Waals surface area contributed by atoms with Gasteiger partial charge in [-0.05, 0) is 32.0 Å². The number of carbonyl (C=O) groups is 1. The van der Waals surface area contributed by atoms with Gasteiger partial charge in [0.15, 0.2) is 5.75 Å². The third-order valence-corrected chi connectivity index (χ3v) is 3.84. The van der Waals surface area contributed by atoms with Gasteiger partial charge in [0.1, 0.15) is 5.75 Å². The van der Waals surface area contributed by atoms with Crippen LogP contribution in [0.15, 0.2) is 41.5 Å². The van der Waals surface area contributed by atoms with E-state index in [2.05, 4.69) is 10.5 Å². The Bertz CT molecular complexity index is 988. The summed E-state index contributed by atoms with van der Waals surface area (Å²) in [4.78, 5) is 33.3. The number of carbonyl (C=O) groups excluding carboxylic acids is 1. The molecule has 11 heteroatoms. The predicted octanol–water partition coefficient (Wildman–Crippen LogP) is 3.06. The largest absolute Gasteiger partial charge is 0.496 e. The molecule has 2 aromatic rings. The summed E-state index contributed by atoms with van der Waals surface area (Å²) in [6.07, 6.45) is 0. The molecule has 0 bridgehead atoms. The molecule has 0 saturated carbocycles. The van der Waals surface area contributed by atoms with Crippen molar-refractivity contribution in [3.63, 3.8) is 0 Å². The van der Waals surface area contributed by atoms with Crippen molar-refractivity contribution in [1.82, 2.24) is 5.43 Å². The third kappa shape index (κ3) is 5.03. The van der Waals surface area contributed by atoms with Crippen LogP contribution in [0.2, 0.25) is 0 Å². The third-order valence-electron chi connectivity index (χ3n) is 3.84. The van der Waals surface area contributed by atoms with E-state index in [4.69, 9.17) is 9.47 Å². The fourth-order valence-corrected chi connectivity index (χ4v) is 2.41. The predicted molar refractivity (Wildman–Crippen MR) is 104 cm³/mol. The Morgan fingerprint density at radius 3 is 2.38 bits per heavy atom. The maximum absolute atomic E-state index is 12.4. The second kappa shape index (κ2) is 9.26. The number of hydrogen-bond donors (Lipinski definition) is 1. The molecule has 0 aliphatic carbocycles. The van der Waals surface area contributed by atoms with Crippen LogP contribution in [0.1, 0.15) is 29.8 Å². The Morgan fingerprint density at radius 2 is 1.79 bits per heavy atom. The van der Waals surface area contributed by atoms with Gasteiger partial charge in [-0.2, -0.15) is 5.10 Å². The average molecular weight is 402 g/mol. The number of nitro groups is 2. The molecule has 29 heavy (non-hydrogen) atoms. The van der Waals surface area contributed by atoms with Crippen LogP contribution >= 0.6 is 0 Å². The van der Waals surface area contributed by atoms with Crippen molar-refractivity contribution in [1.29, 1.82) is 0 Å². The molecule has 152 valence electrons. The van der Waals surface area contributed by atoms with Gasteiger partial charge in [0.25, 0.3) is 11.6 Å². The van der Waals surface area contributed by atoms with Crippen molar-refractivity contribution in [2.75, 3.05) is 13.7 Å². The number of methoxy groups -OCH3 is 1. The smallest absolute Gasteiger partial charge is 0.311 e. The Morgan fingerprint density at radius 1 is 1.10 bits per heavy atom. The van der Waals surface area contributed by atoms with E-state index >= 15 is 0 Å². The van der Waals surface area contributed by atoms with Gasteiger partial charge in [0.2, 0.25) is 0 Å². The number of nitrogens with one attached hydrogen (secondary N) is 1. The van der Waals surface area contributed by atoms with E-state index in [9.17, 15) is 25.0 Å². The SMILES string of the molecule is CCOc1ccc(C(C)=NNC(=O)c2cc([N+](=O)[O-])ccc2OC)cc1[N+](=O)[O-]. The zero-order valence-corrected chi connectivity index (χ0v) is 15.9. The van der Waals surface area contributed by atoms with Crippen molar-refractivity contribution < 1.29 is 24.1 Å². The number of hydrazone groups is 1. The van der Waals surface area contributed by atoms with Crippen molar-refractivity contribution in [2.24, 2.45) is 5.10 Å². The lowest BCUT2D eigenvalue weighted by molar-refractivity contribution is -0.385. The molecule has 2 aromatic carbocycles. The fraction of sp³-hybridized carbons (Fsp3) is 0.222. The lowest BCUT2D eigenvalue weighted by Crippen LogP contribution is -2.20. The van der Waals surface area contributed by atoms with E-state index in [1.54, 1.807) is 19.9 Å². The van der Waals surface area contributed by atoms with Crippen LogP contribution in [0.5, 0.6) is 11.5 Å². The summed E-state index contributed by atoms with van der Waals surface area (Å²) in [6, 6.07) is 7.88. The summed E-state index contributed by atoms with van der Waals surface area (Å²) in [5.74, 6) is -0.470. The van der Waals surface area contributed by atoms with E-state index in [0.717, 1.165) is 6.07 Å². The van der Waals surface area contributed by atoms with Crippen molar-refractivity contribution >= 4 is 23.0 Å². The normalized spacial score (nSPS) is 10.9. The minimum Gasteiger partial charge on any atom is -0.496 e. The molecule has 0 atom stereocenters. The first-order valence-corrected chi connectivity index (χ1v) is 8.37. The van der Waals surface area contributed by atoms with E-state index < -0.39 is 15.8 Å². The topological polar surface area (TPSA) is 146 Å². The average Bonchev–Trinajstić information content (AvgIpc) is 2.71. The highest BCUT2D eigenvalue weighted by Gasteiger charge is 2.19. The van der Waals surface area contributed by atoms with Crippen molar-refractivity contribution in [2.45, 2.75) is 13.8 Å². The van der Waals surface area contributed by atoms with E-state index in [1.165, 1.54) is 31.4 Å². The monoisotopic (exact) mass is 402 g/mol. The van der Waals surface area contributed by atoms with Crippen LogP contribution in [0.25, 0.3) is 0 Å². The van der Waals surface area contributed by atoms with Crippen LogP contribution in [0.4, 0.5) is 11.4 Å². The summed E-state index contributed by atoms with van der Waals surface area (Å²) >= 11 is 0. The summed E-state index contributed by atoms with van der Waals surface area (Å²) in [5.41, 5.74) is 2.37. The zero-order valence-electron chi connectivity index (χ0n) is 15.9. The molecular formula is C18H18N4O7. The van der Waals surface area contributed by atoms with E-state index in [1.807, 2.05) is 0 Å². The van der Waals surface area contributed by atoms with Crippen LogP contribution in [0, 0.1) is 20.2 Å². The minimum atomic E-state index is -0.731. The fourth-order valence-electron chi connectivity index (χ4n) is 2.41. The standard InChI is InChI=1S/C18H18N4O7/c1-4-29-17-7-5-12(9-15(17)22(26)27)11(2)19-20-18(23)14-10-13(21(24)25)6-8-16(14)28-3/h5-10H,4H2,1-3H3,(H,20,23). The van der Waals surface area contributed by atoms with Crippen molar-refractivity contribution in [3.8, 4) is 11.5 Å². The van der Waals surface area contributed by atoms with Crippen LogP contribution in [-0.2, 0) is 0 Å². The summed E-state index contributed by atoms with van der Waals surface area (Å²) < 4.78 is 10.3. The molecule has 1 N–H and O–H groups in total. The minimum absolute atomic E-state index is 0.0732. The van der Waals surface area contributed by atoms with E-state index in [-0.39, 0.29) is 40.8 Å². The molecule has 1 amide bonds. The molecule has 0 fully saturated rings. The summed E-state index contributed by atoms with van der Waals surface area (Å²) in [7, 11) is 1.32. The Hall–Kier alpha value is -4.02. The highest BCUT2D eigenvalue weighted by molar-refractivity contribution is 6.02. The highest BCUT2D eigenvalue weighted by atomic mass is 16.6. The number of ether oxygens (including phenoxy) is 2. The van der Waals surface area contributed by atoms with Crippen LogP contribution < -0.4 is 14.9 Å². The summed E-state index contributed by atoms with van der Waals surface area (Å²) in [6.45, 7) is 3.53. The molecule has 11 nitrogen and oxygen atoms in total. The Kier molecular flexibility index (Phi) is 6.80. The van der Waals surface area contributed by atoms with Gasteiger partial charge in [-0.15, -0.1) is 0 Å². The summed E-state index contributed by atoms with van der Waals surface area (Å²) in [5, 5.41) is 26.1. The molecule has 2 rings (SSSR count). The molecule has 0 unspecified atom stereocenters. The second-order valence-corrected chi connectivity index (χ2v) is 5.65. The van der Waals surface area contributed by atoms with Gasteiger partial charge < -0.3 is 9.47 Å². The molecule has 0 saturated heterocycles. The maximum Gasteiger partial charge on any atom is 0.311 e. The van der Waals surface area contributed by atoms with Crippen LogP contribution in [0.3, 0.4) is 0 Å². The number of amides is 1. The first-order valence-electron chi connectivity index (χ1n) is 8.37. The van der Waals surface area contributed by atoms with Gasteiger partial charge in [0.05, 0.1) is 34.8 Å². The quantitative estimate of drug-likeness (QED) is 0.405. The number of nitro benzene ring substituents is 2. The number of benzene rings is 2. The molecule has 0 heterocycles. The van der Waals surface area contributed by atoms with Gasteiger partial charge in [-0.25, -0.2) is 5.43 Å². The second-order valence-electron chi connectivity index (χ2n) is 5.65. The lowest BCUT2D eigenvalue weighted by atomic mass is 10.1. The first-order chi connectivity index (χ1) is 13.8. The molecular weight excluding hydrogens is 384 g/mol. The molecule has 0 spiro atoms. The highest BCUT2D eigenvalue weighted by Crippen LogP contribution is 2.28. The Balaban J connectivity index is 2.29. The lowest BCUT2D eigenvalue weighted by Gasteiger charge is -2.08. The van der Waals surface area contributed by atoms with Crippen LogP contribution in [-0.4, -0.2) is 35.2 Å². The van der Waals surface area contributed by atoms with Gasteiger partial charge in [0, 0.05) is 23.8 Å². The maximum atomic E-state index is 12.4. The molecule has 0 aromatic heterocycles. The number of hydrogen-bond acceptors (Lipinski definition) is 8. The number of non-ortho nitro benzene ring substituents is 1. The molecule has 0 aliphatic heterocycles. The Labute approximate surface area is 165 Å². The number of nitrogens with zero attached hydrogens (tertiary/aromatic N) is 3. The number of rotatable bonds is 8. The van der Waals surface area contributed by atoms with Gasteiger partial charge in [-0.3, -0.25) is 25.0 Å². The van der Waals surface area contributed by atoms with E-state index in [0.29, 0.717) is 5.56 Å². The van der Waals surface area contributed by atoms with Gasteiger partial charge >= 0.3 is 5.69 Å². The zero-order chi connectivity index (χ0) is 21.6. The van der Waals surface area contributed by atoms with Crippen molar-refractivity contribution in [3.05, 3.63) is 67.8 Å². The van der Waals surface area contributed by atoms with Gasteiger partial charge in [-0.1, -0.05) is 0 Å². The molecule has 0 radical (unpaired) electrons. The first kappa shape index (κ1) is 21.3.